The van der Waals surface area contributed by atoms with E-state index in [0.29, 0.717) is 5.92 Å². The van der Waals surface area contributed by atoms with E-state index in [2.05, 4.69) is 19.9 Å². The lowest BCUT2D eigenvalue weighted by molar-refractivity contribution is 0.152. The first kappa shape index (κ1) is 9.53. The molecule has 2 rings (SSSR count). The fourth-order valence-electron chi connectivity index (χ4n) is 1.75. The Morgan fingerprint density at radius 3 is 2.43 bits per heavy atom. The molecule has 3 N–H and O–H groups in total. The highest BCUT2D eigenvalue weighted by Crippen LogP contribution is 2.47. The van der Waals surface area contributed by atoms with Crippen LogP contribution in [0.2, 0.25) is 0 Å². The minimum Gasteiger partial charge on any atom is -0.398 e. The number of hydrogen-bond acceptors (Lipinski definition) is 2. The molecular formula is C12H17NO. The molecule has 0 radical (unpaired) electrons. The SMILES string of the molecule is CC(C)c1ccc(C2(O)CC2)c(N)c1. The molecule has 1 saturated carbocycles. The summed E-state index contributed by atoms with van der Waals surface area (Å²) in [7, 11) is 0. The van der Waals surface area contributed by atoms with Gasteiger partial charge in [-0.2, -0.15) is 0 Å². The first-order valence-electron chi connectivity index (χ1n) is 5.15. The second-order valence-corrected chi connectivity index (χ2v) is 4.53. The number of anilines is 1. The van der Waals surface area contributed by atoms with Crippen molar-refractivity contribution in [1.29, 1.82) is 0 Å². The van der Waals surface area contributed by atoms with E-state index in [9.17, 15) is 5.11 Å². The van der Waals surface area contributed by atoms with Crippen molar-refractivity contribution >= 4 is 5.69 Å². The van der Waals surface area contributed by atoms with Gasteiger partial charge < -0.3 is 10.8 Å². The molecule has 0 saturated heterocycles. The maximum atomic E-state index is 9.93. The van der Waals surface area contributed by atoms with Crippen LogP contribution in [0, 0.1) is 0 Å². The van der Waals surface area contributed by atoms with Gasteiger partial charge in [0.05, 0.1) is 5.60 Å². The molecule has 1 aromatic carbocycles. The molecule has 1 fully saturated rings. The quantitative estimate of drug-likeness (QED) is 0.705. The van der Waals surface area contributed by atoms with E-state index in [4.69, 9.17) is 5.73 Å². The molecule has 1 aliphatic carbocycles. The maximum absolute atomic E-state index is 9.93. The molecule has 1 aliphatic rings. The number of aliphatic hydroxyl groups is 1. The van der Waals surface area contributed by atoms with Crippen molar-refractivity contribution < 1.29 is 5.11 Å². The van der Waals surface area contributed by atoms with E-state index in [-0.39, 0.29) is 0 Å². The first-order chi connectivity index (χ1) is 6.53. The van der Waals surface area contributed by atoms with Crippen LogP contribution in [0.25, 0.3) is 0 Å². The maximum Gasteiger partial charge on any atom is 0.0918 e. The first-order valence-corrected chi connectivity index (χ1v) is 5.15. The molecule has 0 spiro atoms. The van der Waals surface area contributed by atoms with Crippen LogP contribution in [-0.4, -0.2) is 5.11 Å². The average Bonchev–Trinajstić information content (AvgIpc) is 2.84. The second kappa shape index (κ2) is 2.99. The lowest BCUT2D eigenvalue weighted by Gasteiger charge is -2.14. The molecule has 2 heteroatoms. The third kappa shape index (κ3) is 1.50. The Balaban J connectivity index is 2.37. The number of nitrogen functional groups attached to an aromatic ring is 1. The van der Waals surface area contributed by atoms with Crippen LogP contribution in [0.1, 0.15) is 43.7 Å². The zero-order valence-electron chi connectivity index (χ0n) is 8.75. The normalized spacial score (nSPS) is 18.6. The van der Waals surface area contributed by atoms with Crippen LogP contribution in [0.3, 0.4) is 0 Å². The average molecular weight is 191 g/mol. The van der Waals surface area contributed by atoms with Crippen molar-refractivity contribution in [3.8, 4) is 0 Å². The van der Waals surface area contributed by atoms with Gasteiger partial charge in [0.25, 0.3) is 0 Å². The molecule has 0 amide bonds. The van der Waals surface area contributed by atoms with Crippen molar-refractivity contribution in [1.82, 2.24) is 0 Å². The van der Waals surface area contributed by atoms with Crippen LogP contribution in [0.5, 0.6) is 0 Å². The zero-order chi connectivity index (χ0) is 10.3. The fourth-order valence-corrected chi connectivity index (χ4v) is 1.75. The Labute approximate surface area is 84.7 Å². The van der Waals surface area contributed by atoms with Gasteiger partial charge in [-0.25, -0.2) is 0 Å². The van der Waals surface area contributed by atoms with E-state index in [1.807, 2.05) is 12.1 Å². The monoisotopic (exact) mass is 191 g/mol. The lowest BCUT2D eigenvalue weighted by atomic mass is 9.97. The Morgan fingerprint density at radius 1 is 1.36 bits per heavy atom. The van der Waals surface area contributed by atoms with Gasteiger partial charge in [0, 0.05) is 11.3 Å². The molecule has 0 heterocycles. The molecular weight excluding hydrogens is 174 g/mol. The van der Waals surface area contributed by atoms with Crippen molar-refractivity contribution in [2.24, 2.45) is 0 Å². The molecule has 14 heavy (non-hydrogen) atoms. The van der Waals surface area contributed by atoms with Crippen molar-refractivity contribution in [2.45, 2.75) is 38.2 Å². The van der Waals surface area contributed by atoms with Gasteiger partial charge in [0.15, 0.2) is 0 Å². The molecule has 0 atom stereocenters. The summed E-state index contributed by atoms with van der Waals surface area (Å²) in [6.45, 7) is 4.28. The smallest absolute Gasteiger partial charge is 0.0918 e. The topological polar surface area (TPSA) is 46.2 Å². The van der Waals surface area contributed by atoms with Crippen molar-refractivity contribution in [3.63, 3.8) is 0 Å². The number of nitrogens with two attached hydrogens (primary N) is 1. The summed E-state index contributed by atoms with van der Waals surface area (Å²) < 4.78 is 0. The predicted octanol–water partition coefficient (Wildman–Crippen LogP) is 2.37. The largest absolute Gasteiger partial charge is 0.398 e. The summed E-state index contributed by atoms with van der Waals surface area (Å²) in [4.78, 5) is 0. The van der Waals surface area contributed by atoms with E-state index in [1.165, 1.54) is 5.56 Å². The van der Waals surface area contributed by atoms with Gasteiger partial charge >= 0.3 is 0 Å². The summed E-state index contributed by atoms with van der Waals surface area (Å²) in [5.41, 5.74) is 8.18. The molecule has 0 unspecified atom stereocenters. The van der Waals surface area contributed by atoms with Gasteiger partial charge in [-0.1, -0.05) is 26.0 Å². The van der Waals surface area contributed by atoms with Gasteiger partial charge in [-0.15, -0.1) is 0 Å². The minimum atomic E-state index is -0.612. The Hall–Kier alpha value is -1.02. The van der Waals surface area contributed by atoms with Crippen molar-refractivity contribution in [3.05, 3.63) is 29.3 Å². The van der Waals surface area contributed by atoms with Crippen molar-refractivity contribution in [2.75, 3.05) is 5.73 Å². The summed E-state index contributed by atoms with van der Waals surface area (Å²) >= 11 is 0. The molecule has 76 valence electrons. The number of rotatable bonds is 2. The Morgan fingerprint density at radius 2 is 2.00 bits per heavy atom. The summed E-state index contributed by atoms with van der Waals surface area (Å²) in [5.74, 6) is 0.486. The number of hydrogen-bond donors (Lipinski definition) is 2. The standard InChI is InChI=1S/C12H17NO/c1-8(2)9-3-4-10(11(13)7-9)12(14)5-6-12/h3-4,7-8,14H,5-6,13H2,1-2H3. The predicted molar refractivity (Wildman–Crippen MR) is 58.1 cm³/mol. The zero-order valence-corrected chi connectivity index (χ0v) is 8.75. The summed E-state index contributed by atoms with van der Waals surface area (Å²) in [6, 6.07) is 6.01. The highest BCUT2D eigenvalue weighted by Gasteiger charge is 2.43. The molecule has 1 aromatic rings. The van der Waals surface area contributed by atoms with Crippen LogP contribution < -0.4 is 5.73 Å². The Kier molecular flexibility index (Phi) is 2.04. The van der Waals surface area contributed by atoms with E-state index >= 15 is 0 Å². The molecule has 0 aliphatic heterocycles. The lowest BCUT2D eigenvalue weighted by Crippen LogP contribution is -2.08. The number of benzene rings is 1. The van der Waals surface area contributed by atoms with Crippen LogP contribution in [-0.2, 0) is 5.60 Å². The van der Waals surface area contributed by atoms with Crippen LogP contribution in [0.4, 0.5) is 5.69 Å². The van der Waals surface area contributed by atoms with E-state index < -0.39 is 5.60 Å². The van der Waals surface area contributed by atoms with Crippen LogP contribution >= 0.6 is 0 Å². The fraction of sp³-hybridized carbons (Fsp3) is 0.500. The highest BCUT2D eigenvalue weighted by atomic mass is 16.3. The van der Waals surface area contributed by atoms with E-state index in [1.54, 1.807) is 0 Å². The third-order valence-corrected chi connectivity index (χ3v) is 2.97. The molecule has 0 bridgehead atoms. The highest BCUT2D eigenvalue weighted by molar-refractivity contribution is 5.54. The van der Waals surface area contributed by atoms with E-state index in [0.717, 1.165) is 24.1 Å². The molecule has 0 aromatic heterocycles. The Bertz CT molecular complexity index is 353. The second-order valence-electron chi connectivity index (χ2n) is 4.53. The van der Waals surface area contributed by atoms with Gasteiger partial charge in [-0.3, -0.25) is 0 Å². The van der Waals surface area contributed by atoms with Gasteiger partial charge in [-0.05, 0) is 30.4 Å². The summed E-state index contributed by atoms with van der Waals surface area (Å²) in [6.07, 6.45) is 1.69. The van der Waals surface area contributed by atoms with Gasteiger partial charge in [0.1, 0.15) is 0 Å². The molecule has 2 nitrogen and oxygen atoms in total. The minimum absolute atomic E-state index is 0.486. The third-order valence-electron chi connectivity index (χ3n) is 2.97. The van der Waals surface area contributed by atoms with Gasteiger partial charge in [0.2, 0.25) is 0 Å². The van der Waals surface area contributed by atoms with Crippen LogP contribution in [0.15, 0.2) is 18.2 Å². The summed E-state index contributed by atoms with van der Waals surface area (Å²) in [5, 5.41) is 9.93.